The van der Waals surface area contributed by atoms with Gasteiger partial charge in [-0.15, -0.1) is 28.8 Å². The molecule has 2 aromatic heterocycles. The smallest absolute Gasteiger partial charge is 0.275 e. The molecule has 8 heteroatoms. The van der Waals surface area contributed by atoms with Gasteiger partial charge in [0, 0.05) is 25.0 Å². The molecule has 0 atom stereocenters. The molecule has 0 unspecified atom stereocenters. The monoisotopic (exact) mass is 315 g/mol. The summed E-state index contributed by atoms with van der Waals surface area (Å²) in [4.78, 5) is 14.9. The molecule has 0 fully saturated rings. The fourth-order valence-corrected chi connectivity index (χ4v) is 2.31. The van der Waals surface area contributed by atoms with Gasteiger partial charge in [0.1, 0.15) is 0 Å². The van der Waals surface area contributed by atoms with Gasteiger partial charge in [-0.05, 0) is 18.5 Å². The van der Waals surface area contributed by atoms with E-state index in [2.05, 4.69) is 15.6 Å². The minimum Gasteiger partial charge on any atom is -0.339 e. The standard InChI is InChI=1S/C12H17N5OS.ClH/c1-13-5-6-16(2)12(18)11-9-17(15-14-11)8-10-4-3-7-19-10;/h3-4,7,9,13H,5-6,8H2,1-2H3;1H. The lowest BCUT2D eigenvalue weighted by molar-refractivity contribution is 0.0791. The molecule has 110 valence electrons. The summed E-state index contributed by atoms with van der Waals surface area (Å²) in [6, 6.07) is 4.03. The molecule has 2 aromatic rings. The van der Waals surface area contributed by atoms with Crippen molar-refractivity contribution in [2.45, 2.75) is 6.54 Å². The zero-order valence-corrected chi connectivity index (χ0v) is 13.1. The summed E-state index contributed by atoms with van der Waals surface area (Å²) in [5.74, 6) is -0.104. The van der Waals surface area contributed by atoms with Crippen molar-refractivity contribution in [3.05, 3.63) is 34.3 Å². The molecule has 0 aromatic carbocycles. The Hall–Kier alpha value is -1.44. The van der Waals surface area contributed by atoms with Crippen molar-refractivity contribution in [1.29, 1.82) is 0 Å². The maximum absolute atomic E-state index is 12.1. The van der Waals surface area contributed by atoms with Gasteiger partial charge in [0.05, 0.1) is 12.7 Å². The van der Waals surface area contributed by atoms with Crippen LogP contribution in [0.25, 0.3) is 0 Å². The van der Waals surface area contributed by atoms with Gasteiger partial charge >= 0.3 is 0 Å². The van der Waals surface area contributed by atoms with Crippen LogP contribution in [0.4, 0.5) is 0 Å². The van der Waals surface area contributed by atoms with Crippen LogP contribution in [0, 0.1) is 0 Å². The van der Waals surface area contributed by atoms with Crippen molar-refractivity contribution in [3.63, 3.8) is 0 Å². The van der Waals surface area contributed by atoms with Crippen molar-refractivity contribution in [1.82, 2.24) is 25.2 Å². The van der Waals surface area contributed by atoms with Gasteiger partial charge in [0.2, 0.25) is 0 Å². The molecule has 0 bridgehead atoms. The molecule has 2 heterocycles. The second-order valence-electron chi connectivity index (χ2n) is 4.21. The van der Waals surface area contributed by atoms with Crippen LogP contribution in [0.1, 0.15) is 15.4 Å². The number of likely N-dealkylation sites (N-methyl/N-ethyl adjacent to an activating group) is 2. The van der Waals surface area contributed by atoms with E-state index < -0.39 is 0 Å². The summed E-state index contributed by atoms with van der Waals surface area (Å²) in [5, 5.41) is 12.9. The molecule has 0 saturated carbocycles. The number of aromatic nitrogens is 3. The molecule has 1 N–H and O–H groups in total. The summed E-state index contributed by atoms with van der Waals surface area (Å²) >= 11 is 1.66. The molecule has 0 aliphatic carbocycles. The van der Waals surface area contributed by atoms with E-state index in [1.807, 2.05) is 24.6 Å². The first kappa shape index (κ1) is 16.6. The molecule has 0 saturated heterocycles. The van der Waals surface area contributed by atoms with Gasteiger partial charge < -0.3 is 10.2 Å². The molecule has 1 amide bonds. The number of nitrogens with one attached hydrogen (secondary N) is 1. The number of thiophene rings is 1. The van der Waals surface area contributed by atoms with E-state index in [9.17, 15) is 4.79 Å². The van der Waals surface area contributed by atoms with E-state index >= 15 is 0 Å². The zero-order chi connectivity index (χ0) is 13.7. The summed E-state index contributed by atoms with van der Waals surface area (Å²) in [5.41, 5.74) is 0.384. The van der Waals surface area contributed by atoms with Crippen molar-refractivity contribution in [2.75, 3.05) is 27.2 Å². The van der Waals surface area contributed by atoms with Crippen molar-refractivity contribution >= 4 is 29.7 Å². The number of nitrogens with zero attached hydrogens (tertiary/aromatic N) is 4. The first-order valence-corrected chi connectivity index (χ1v) is 6.91. The number of carbonyl (C=O) groups is 1. The number of hydrogen-bond acceptors (Lipinski definition) is 5. The Morgan fingerprint density at radius 3 is 3.00 bits per heavy atom. The van der Waals surface area contributed by atoms with Gasteiger partial charge in [-0.3, -0.25) is 4.79 Å². The molecule has 2 rings (SSSR count). The molecule has 0 radical (unpaired) electrons. The van der Waals surface area contributed by atoms with Crippen molar-refractivity contribution in [3.8, 4) is 0 Å². The number of halogens is 1. The highest BCUT2D eigenvalue weighted by Crippen LogP contribution is 2.10. The average Bonchev–Trinajstić information content (AvgIpc) is 3.07. The van der Waals surface area contributed by atoms with Crippen molar-refractivity contribution in [2.24, 2.45) is 0 Å². The van der Waals surface area contributed by atoms with E-state index in [1.165, 1.54) is 4.88 Å². The Morgan fingerprint density at radius 2 is 2.35 bits per heavy atom. The Kier molecular flexibility index (Phi) is 6.63. The van der Waals surface area contributed by atoms with Crippen LogP contribution in [-0.4, -0.2) is 53.0 Å². The quantitative estimate of drug-likeness (QED) is 0.867. The van der Waals surface area contributed by atoms with Gasteiger partial charge in [-0.2, -0.15) is 0 Å². The summed E-state index contributed by atoms with van der Waals surface area (Å²) in [6.07, 6.45) is 1.69. The van der Waals surface area contributed by atoms with Crippen LogP contribution < -0.4 is 5.32 Å². The minimum atomic E-state index is -0.104. The predicted molar refractivity (Wildman–Crippen MR) is 81.6 cm³/mol. The van der Waals surface area contributed by atoms with Gasteiger partial charge in [-0.1, -0.05) is 11.3 Å². The van der Waals surface area contributed by atoms with Crippen LogP contribution in [0.3, 0.4) is 0 Å². The Labute approximate surface area is 128 Å². The van der Waals surface area contributed by atoms with Crippen LogP contribution >= 0.6 is 23.7 Å². The first-order valence-electron chi connectivity index (χ1n) is 6.03. The second-order valence-corrected chi connectivity index (χ2v) is 5.24. The number of rotatable bonds is 6. The highest BCUT2D eigenvalue weighted by atomic mass is 35.5. The predicted octanol–water partition coefficient (Wildman–Crippen LogP) is 1.10. The lowest BCUT2D eigenvalue weighted by Crippen LogP contribution is -2.33. The highest BCUT2D eigenvalue weighted by Gasteiger charge is 2.15. The van der Waals surface area contributed by atoms with Crippen LogP contribution in [-0.2, 0) is 6.54 Å². The van der Waals surface area contributed by atoms with E-state index in [4.69, 9.17) is 0 Å². The Bertz CT molecular complexity index is 528. The molecule has 6 nitrogen and oxygen atoms in total. The normalized spacial score (nSPS) is 10.1. The third-order valence-corrected chi connectivity index (χ3v) is 3.56. The summed E-state index contributed by atoms with van der Waals surface area (Å²) in [7, 11) is 3.62. The maximum atomic E-state index is 12.1. The fourth-order valence-electron chi connectivity index (χ4n) is 1.61. The lowest BCUT2D eigenvalue weighted by atomic mass is 10.4. The SMILES string of the molecule is CNCCN(C)C(=O)c1cn(Cc2cccs2)nn1.Cl. The van der Waals surface area contributed by atoms with Crippen LogP contribution in [0.5, 0.6) is 0 Å². The molecular formula is C12H18ClN5OS. The largest absolute Gasteiger partial charge is 0.339 e. The third-order valence-electron chi connectivity index (χ3n) is 2.70. The molecular weight excluding hydrogens is 298 g/mol. The second kappa shape index (κ2) is 7.98. The summed E-state index contributed by atoms with van der Waals surface area (Å²) < 4.78 is 1.69. The molecule has 0 aliphatic heterocycles. The Morgan fingerprint density at radius 1 is 1.55 bits per heavy atom. The third kappa shape index (κ3) is 4.29. The zero-order valence-electron chi connectivity index (χ0n) is 11.4. The summed E-state index contributed by atoms with van der Waals surface area (Å²) in [6.45, 7) is 2.05. The molecule has 0 aliphatic rings. The number of carbonyl (C=O) groups excluding carboxylic acids is 1. The van der Waals surface area contributed by atoms with E-state index in [-0.39, 0.29) is 18.3 Å². The van der Waals surface area contributed by atoms with E-state index in [0.717, 1.165) is 6.54 Å². The van der Waals surface area contributed by atoms with Gasteiger partial charge in [0.25, 0.3) is 5.91 Å². The molecule has 0 spiro atoms. The van der Waals surface area contributed by atoms with Gasteiger partial charge in [-0.25, -0.2) is 4.68 Å². The van der Waals surface area contributed by atoms with Crippen LogP contribution in [0.2, 0.25) is 0 Å². The number of amides is 1. The van der Waals surface area contributed by atoms with Gasteiger partial charge in [0.15, 0.2) is 5.69 Å². The Balaban J connectivity index is 0.00000200. The van der Waals surface area contributed by atoms with Crippen LogP contribution in [0.15, 0.2) is 23.7 Å². The highest BCUT2D eigenvalue weighted by molar-refractivity contribution is 7.09. The van der Waals surface area contributed by atoms with E-state index in [1.54, 1.807) is 34.2 Å². The topological polar surface area (TPSA) is 63.1 Å². The van der Waals surface area contributed by atoms with E-state index in [0.29, 0.717) is 18.8 Å². The number of hydrogen-bond donors (Lipinski definition) is 1. The first-order chi connectivity index (χ1) is 9.20. The lowest BCUT2D eigenvalue weighted by Gasteiger charge is -2.14. The average molecular weight is 316 g/mol. The molecule has 20 heavy (non-hydrogen) atoms. The minimum absolute atomic E-state index is 0. The fraction of sp³-hybridized carbons (Fsp3) is 0.417. The van der Waals surface area contributed by atoms with Crippen molar-refractivity contribution < 1.29 is 4.79 Å². The maximum Gasteiger partial charge on any atom is 0.275 e.